The molecule has 0 aliphatic carbocycles. The number of nitrogens with zero attached hydrogens (tertiary/aromatic N) is 2. The van der Waals surface area contributed by atoms with Crippen molar-refractivity contribution in [3.63, 3.8) is 0 Å². The van der Waals surface area contributed by atoms with Gasteiger partial charge in [-0.15, -0.1) is 0 Å². The molecule has 4 unspecified atom stereocenters. The number of halogens is 10. The van der Waals surface area contributed by atoms with Crippen molar-refractivity contribution in [3.8, 4) is 22.3 Å². The molecular weight excluding hydrogens is 1020 g/mol. The quantitative estimate of drug-likeness (QED) is 0.0934. The second kappa shape index (κ2) is 19.0. The SMILES string of the molecule is CCOC(=O)c1cc(-c2ccc(C(C)C(OC(=O)c3cc(-c4ccc(C(C)C(O)(c5ccc6oc(=O)n(C)c6c5)C(F)(F)F)c(Cl)c4)ccc3F)(c3ccc4oc(=O)n(C)c4c3)C(F)(F)F)c(Cl)c2)ccc1F. The Kier molecular flexibility index (Phi) is 13.6. The predicted octanol–water partition coefficient (Wildman–Crippen LogP) is 12.6. The minimum atomic E-state index is -5.56. The number of alkyl halides is 6. The number of fused-ring (bicyclic) bond motifs is 2. The van der Waals surface area contributed by atoms with E-state index < -0.39 is 92.7 Å². The molecule has 8 aromatic rings. The molecule has 73 heavy (non-hydrogen) atoms. The Bertz CT molecular complexity index is 3640. The van der Waals surface area contributed by atoms with Gasteiger partial charge in [-0.1, -0.05) is 85.6 Å². The van der Waals surface area contributed by atoms with Crippen molar-refractivity contribution >= 4 is 57.3 Å². The molecule has 6 aromatic carbocycles. The number of benzene rings is 6. The first kappa shape index (κ1) is 52.1. The lowest BCUT2D eigenvalue weighted by atomic mass is 9.77. The zero-order chi connectivity index (χ0) is 53.3. The summed E-state index contributed by atoms with van der Waals surface area (Å²) in [5.41, 5.74) is -10.5. The Hall–Kier alpha value is -7.22. The summed E-state index contributed by atoms with van der Waals surface area (Å²) in [5.74, 6) is -10.6. The van der Waals surface area contributed by atoms with Crippen LogP contribution < -0.4 is 11.5 Å². The molecule has 380 valence electrons. The highest BCUT2D eigenvalue weighted by Crippen LogP contribution is 2.54. The highest BCUT2D eigenvalue weighted by molar-refractivity contribution is 6.32. The van der Waals surface area contributed by atoms with E-state index in [0.29, 0.717) is 0 Å². The Labute approximate surface area is 417 Å². The van der Waals surface area contributed by atoms with Gasteiger partial charge in [0.05, 0.1) is 28.8 Å². The van der Waals surface area contributed by atoms with Crippen LogP contribution in [0.2, 0.25) is 10.0 Å². The standard InChI is InChI=1S/C52H38Cl2F8N2O9/c1-6-70-45(65)35-19-27(9-15-39(35)55)30-8-14-34(38(54)22-30)26(3)50(52(60,61)62,32-12-18-44-42(24-32)64(5)48(68)72-44)73-46(66)36-20-28(10-16-40(36)56)29-7-13-33(37(53)21-29)25(2)49(69,51(57,58)59)31-11-17-43-41(23-31)63(4)47(67)71-43/h7-26,69H,6H2,1-5H3. The van der Waals surface area contributed by atoms with E-state index in [-0.39, 0.29) is 72.2 Å². The lowest BCUT2D eigenvalue weighted by Crippen LogP contribution is -2.50. The molecule has 8 rings (SSSR count). The first-order chi connectivity index (χ1) is 34.2. The number of hydrogen-bond acceptors (Lipinski definition) is 9. The fourth-order valence-corrected chi connectivity index (χ4v) is 9.63. The van der Waals surface area contributed by atoms with E-state index >= 15 is 17.6 Å². The van der Waals surface area contributed by atoms with Gasteiger partial charge in [-0.3, -0.25) is 9.13 Å². The number of rotatable bonds is 12. The van der Waals surface area contributed by atoms with Crippen molar-refractivity contribution in [2.75, 3.05) is 6.61 Å². The van der Waals surface area contributed by atoms with E-state index in [1.54, 1.807) is 0 Å². The van der Waals surface area contributed by atoms with E-state index in [1.807, 2.05) is 0 Å². The minimum Gasteiger partial charge on any atom is -0.462 e. The maximum atomic E-state index is 16.3. The van der Waals surface area contributed by atoms with E-state index in [2.05, 4.69) is 0 Å². The third kappa shape index (κ3) is 8.96. The second-order valence-electron chi connectivity index (χ2n) is 17.1. The van der Waals surface area contributed by atoms with Gasteiger partial charge in [0, 0.05) is 41.5 Å². The molecule has 0 aliphatic rings. The van der Waals surface area contributed by atoms with Crippen LogP contribution in [0.5, 0.6) is 0 Å². The van der Waals surface area contributed by atoms with Crippen molar-refractivity contribution < 1.29 is 68.1 Å². The van der Waals surface area contributed by atoms with E-state index in [4.69, 9.17) is 41.5 Å². The summed E-state index contributed by atoms with van der Waals surface area (Å²) in [6.45, 7) is 3.58. The van der Waals surface area contributed by atoms with Crippen molar-refractivity contribution in [2.45, 2.75) is 56.2 Å². The molecule has 0 saturated carbocycles. The van der Waals surface area contributed by atoms with E-state index in [1.165, 1.54) is 57.4 Å². The summed E-state index contributed by atoms with van der Waals surface area (Å²) in [7, 11) is 2.50. The summed E-state index contributed by atoms with van der Waals surface area (Å²) in [4.78, 5) is 51.4. The Balaban J connectivity index is 1.19. The van der Waals surface area contributed by atoms with Gasteiger partial charge in [-0.25, -0.2) is 28.0 Å². The molecule has 4 atom stereocenters. The number of hydrogen-bond donors (Lipinski definition) is 1. The van der Waals surface area contributed by atoms with E-state index in [0.717, 1.165) is 95.8 Å². The predicted molar refractivity (Wildman–Crippen MR) is 252 cm³/mol. The fourth-order valence-electron chi connectivity index (χ4n) is 8.94. The normalized spacial score (nSPS) is 14.7. The topological polar surface area (TPSA) is 143 Å². The van der Waals surface area contributed by atoms with Crippen molar-refractivity contribution in [1.29, 1.82) is 0 Å². The fraction of sp³-hybridized carbons (Fsp3) is 0.231. The number of aliphatic hydroxyl groups is 1. The van der Waals surface area contributed by atoms with Crippen LogP contribution in [0.4, 0.5) is 35.1 Å². The largest absolute Gasteiger partial charge is 0.462 e. The number of esters is 2. The smallest absolute Gasteiger partial charge is 0.433 e. The Morgan fingerprint density at radius 1 is 0.603 bits per heavy atom. The van der Waals surface area contributed by atoms with Gasteiger partial charge in [0.25, 0.3) is 0 Å². The summed E-state index contributed by atoms with van der Waals surface area (Å²) >= 11 is 13.4. The number of aryl methyl sites for hydroxylation is 2. The summed E-state index contributed by atoms with van der Waals surface area (Å²) in [5, 5.41) is 10.9. The van der Waals surface area contributed by atoms with Crippen LogP contribution in [0, 0.1) is 11.6 Å². The molecule has 0 bridgehead atoms. The van der Waals surface area contributed by atoms with Crippen LogP contribution in [-0.4, -0.2) is 45.1 Å². The number of aromatic nitrogens is 2. The van der Waals surface area contributed by atoms with Gasteiger partial charge in [0.15, 0.2) is 16.8 Å². The summed E-state index contributed by atoms with van der Waals surface area (Å²) in [6, 6.07) is 19.4. The third-order valence-corrected chi connectivity index (χ3v) is 13.7. The molecule has 0 saturated heterocycles. The molecule has 0 fully saturated rings. The van der Waals surface area contributed by atoms with Crippen molar-refractivity contribution in [1.82, 2.24) is 9.13 Å². The van der Waals surface area contributed by atoms with Crippen LogP contribution >= 0.6 is 23.2 Å². The number of carbonyl (C=O) groups is 2. The van der Waals surface area contributed by atoms with Gasteiger partial charge in [0.1, 0.15) is 11.6 Å². The molecule has 21 heteroatoms. The first-order valence-electron chi connectivity index (χ1n) is 21.9. The minimum absolute atomic E-state index is 0.0338. The van der Waals surface area contributed by atoms with Gasteiger partial charge in [0.2, 0.25) is 5.60 Å². The van der Waals surface area contributed by atoms with Gasteiger partial charge in [-0.2, -0.15) is 26.3 Å². The van der Waals surface area contributed by atoms with Crippen LogP contribution in [0.1, 0.15) is 75.6 Å². The first-order valence-corrected chi connectivity index (χ1v) is 22.6. The zero-order valence-electron chi connectivity index (χ0n) is 38.6. The van der Waals surface area contributed by atoms with Gasteiger partial charge < -0.3 is 23.4 Å². The van der Waals surface area contributed by atoms with Crippen LogP contribution in [-0.2, 0) is 34.8 Å². The van der Waals surface area contributed by atoms with Crippen LogP contribution in [0.3, 0.4) is 0 Å². The highest BCUT2D eigenvalue weighted by atomic mass is 35.5. The molecule has 0 spiro atoms. The lowest BCUT2D eigenvalue weighted by Gasteiger charge is -2.40. The number of carbonyl (C=O) groups excluding carboxylic acids is 2. The molecule has 1 N–H and O–H groups in total. The molecule has 0 amide bonds. The second-order valence-corrected chi connectivity index (χ2v) is 17.9. The van der Waals surface area contributed by atoms with Crippen LogP contribution in [0.25, 0.3) is 44.5 Å². The highest BCUT2D eigenvalue weighted by Gasteiger charge is 2.64. The average Bonchev–Trinajstić information content (AvgIpc) is 3.79. The Morgan fingerprint density at radius 3 is 1.48 bits per heavy atom. The maximum Gasteiger partial charge on any atom is 0.433 e. The molecule has 0 radical (unpaired) electrons. The molecular formula is C52H38Cl2F8N2O9. The Morgan fingerprint density at radius 2 is 1.03 bits per heavy atom. The summed E-state index contributed by atoms with van der Waals surface area (Å²) < 4.78 is 147. The molecule has 2 aromatic heterocycles. The van der Waals surface area contributed by atoms with E-state index in [9.17, 15) is 41.8 Å². The van der Waals surface area contributed by atoms with Gasteiger partial charge in [-0.05, 0) is 107 Å². The summed E-state index contributed by atoms with van der Waals surface area (Å²) in [6.07, 6.45) is -10.9. The van der Waals surface area contributed by atoms with Crippen molar-refractivity contribution in [2.24, 2.45) is 14.1 Å². The van der Waals surface area contributed by atoms with Crippen LogP contribution in [0.15, 0.2) is 128 Å². The number of oxazole rings is 2. The average molecular weight is 1060 g/mol. The zero-order valence-corrected chi connectivity index (χ0v) is 40.2. The van der Waals surface area contributed by atoms with Crippen molar-refractivity contribution in [3.05, 3.63) is 185 Å². The van der Waals surface area contributed by atoms with Gasteiger partial charge >= 0.3 is 35.8 Å². The monoisotopic (exact) mass is 1060 g/mol. The molecule has 2 heterocycles. The maximum absolute atomic E-state index is 16.3. The third-order valence-electron chi connectivity index (χ3n) is 13.0. The number of ether oxygens (including phenoxy) is 2. The molecule has 11 nitrogen and oxygen atoms in total. The lowest BCUT2D eigenvalue weighted by molar-refractivity contribution is -0.274. The molecule has 0 aliphatic heterocycles.